The molecule has 0 unspecified atom stereocenters. The molecule has 82 valence electrons. The molecule has 0 atom stereocenters. The van der Waals surface area contributed by atoms with E-state index in [9.17, 15) is 4.79 Å². The molecule has 0 fully saturated rings. The number of aryl methyl sites for hydroxylation is 1. The van der Waals surface area contributed by atoms with Crippen molar-refractivity contribution in [1.29, 1.82) is 0 Å². The molecule has 4 nitrogen and oxygen atoms in total. The maximum atomic E-state index is 11.1. The summed E-state index contributed by atoms with van der Waals surface area (Å²) in [7, 11) is 0. The van der Waals surface area contributed by atoms with Gasteiger partial charge in [0, 0.05) is 5.02 Å². The zero-order valence-corrected chi connectivity index (χ0v) is 9.17. The molecule has 1 aromatic carbocycles. The Morgan fingerprint density at radius 2 is 2.33 bits per heavy atom. The van der Waals surface area contributed by atoms with Gasteiger partial charge in [0.15, 0.2) is 6.61 Å². The lowest BCUT2D eigenvalue weighted by Crippen LogP contribution is -2.33. The first-order valence-electron chi connectivity index (χ1n) is 4.49. The van der Waals surface area contributed by atoms with Crippen LogP contribution in [0.25, 0.3) is 0 Å². The van der Waals surface area contributed by atoms with E-state index < -0.39 is 0 Å². The molecule has 0 saturated carbocycles. The molecule has 0 aliphatic rings. The van der Waals surface area contributed by atoms with Crippen molar-refractivity contribution < 1.29 is 9.53 Å². The van der Waals surface area contributed by atoms with Crippen molar-refractivity contribution in [1.82, 2.24) is 5.32 Å². The van der Waals surface area contributed by atoms with Gasteiger partial charge in [-0.15, -0.1) is 0 Å². The van der Waals surface area contributed by atoms with Crippen LogP contribution in [0.4, 0.5) is 0 Å². The van der Waals surface area contributed by atoms with Gasteiger partial charge < -0.3 is 15.8 Å². The second kappa shape index (κ2) is 5.58. The van der Waals surface area contributed by atoms with E-state index >= 15 is 0 Å². The molecule has 0 bridgehead atoms. The molecule has 0 spiro atoms. The minimum atomic E-state index is -0.244. The smallest absolute Gasteiger partial charge is 0.258 e. The van der Waals surface area contributed by atoms with Crippen LogP contribution in [0.1, 0.15) is 5.56 Å². The van der Waals surface area contributed by atoms with E-state index in [0.29, 0.717) is 10.8 Å². The third-order valence-corrected chi connectivity index (χ3v) is 2.03. The van der Waals surface area contributed by atoms with E-state index in [4.69, 9.17) is 22.1 Å². The van der Waals surface area contributed by atoms with E-state index in [-0.39, 0.29) is 19.2 Å². The fraction of sp³-hybridized carbons (Fsp3) is 0.300. The molecule has 5 heteroatoms. The number of halogens is 1. The second-order valence-electron chi connectivity index (χ2n) is 3.00. The van der Waals surface area contributed by atoms with Crippen LogP contribution < -0.4 is 15.8 Å². The molecule has 1 rings (SSSR count). The van der Waals surface area contributed by atoms with Crippen molar-refractivity contribution in [3.8, 4) is 5.75 Å². The molecule has 0 aliphatic carbocycles. The van der Waals surface area contributed by atoms with Gasteiger partial charge in [0.05, 0.1) is 6.67 Å². The van der Waals surface area contributed by atoms with Crippen molar-refractivity contribution in [3.05, 3.63) is 28.8 Å². The normalized spacial score (nSPS) is 9.80. The van der Waals surface area contributed by atoms with Gasteiger partial charge in [0.1, 0.15) is 5.75 Å². The standard InChI is InChI=1S/C10H13ClN2O2/c1-7-4-8(11)2-3-9(7)15-5-10(14)13-6-12/h2-4H,5-6,12H2,1H3,(H,13,14). The number of benzene rings is 1. The number of ether oxygens (including phenoxy) is 1. The lowest BCUT2D eigenvalue weighted by Gasteiger charge is -2.08. The summed E-state index contributed by atoms with van der Waals surface area (Å²) in [6.45, 7) is 1.93. The van der Waals surface area contributed by atoms with Crippen LogP contribution in [-0.4, -0.2) is 19.2 Å². The molecule has 0 aromatic heterocycles. The predicted octanol–water partition coefficient (Wildman–Crippen LogP) is 1.06. The van der Waals surface area contributed by atoms with Gasteiger partial charge >= 0.3 is 0 Å². The largest absolute Gasteiger partial charge is 0.484 e. The van der Waals surface area contributed by atoms with E-state index in [2.05, 4.69) is 5.32 Å². The number of carbonyl (C=O) groups excluding carboxylic acids is 1. The number of rotatable bonds is 4. The van der Waals surface area contributed by atoms with Gasteiger partial charge in [-0.1, -0.05) is 11.6 Å². The van der Waals surface area contributed by atoms with E-state index in [1.165, 1.54) is 0 Å². The first-order valence-corrected chi connectivity index (χ1v) is 4.87. The molecule has 1 aromatic rings. The third-order valence-electron chi connectivity index (χ3n) is 1.79. The third kappa shape index (κ3) is 3.77. The summed E-state index contributed by atoms with van der Waals surface area (Å²) < 4.78 is 5.28. The van der Waals surface area contributed by atoms with Crippen LogP contribution >= 0.6 is 11.6 Å². The highest BCUT2D eigenvalue weighted by Crippen LogP contribution is 2.21. The van der Waals surface area contributed by atoms with Crippen LogP contribution in [-0.2, 0) is 4.79 Å². The van der Waals surface area contributed by atoms with Crippen molar-refractivity contribution in [2.24, 2.45) is 5.73 Å². The van der Waals surface area contributed by atoms with Crippen LogP contribution in [0.15, 0.2) is 18.2 Å². The lowest BCUT2D eigenvalue weighted by atomic mass is 10.2. The Bertz CT molecular complexity index is 355. The van der Waals surface area contributed by atoms with Crippen molar-refractivity contribution in [2.75, 3.05) is 13.3 Å². The zero-order valence-electron chi connectivity index (χ0n) is 8.42. The second-order valence-corrected chi connectivity index (χ2v) is 3.44. The van der Waals surface area contributed by atoms with Crippen LogP contribution in [0.5, 0.6) is 5.75 Å². The predicted molar refractivity (Wildman–Crippen MR) is 58.9 cm³/mol. The summed E-state index contributed by atoms with van der Waals surface area (Å²) in [5.74, 6) is 0.401. The minimum absolute atomic E-state index is 0.0420. The maximum Gasteiger partial charge on any atom is 0.258 e. The molecular weight excluding hydrogens is 216 g/mol. The number of nitrogens with one attached hydrogen (secondary N) is 1. The van der Waals surface area contributed by atoms with Crippen molar-refractivity contribution >= 4 is 17.5 Å². The topological polar surface area (TPSA) is 64.3 Å². The van der Waals surface area contributed by atoms with Crippen LogP contribution in [0.2, 0.25) is 5.02 Å². The van der Waals surface area contributed by atoms with Gasteiger partial charge in [-0.05, 0) is 30.7 Å². The number of amides is 1. The Morgan fingerprint density at radius 1 is 1.60 bits per heavy atom. The van der Waals surface area contributed by atoms with Gasteiger partial charge in [-0.25, -0.2) is 0 Å². The summed E-state index contributed by atoms with van der Waals surface area (Å²) >= 11 is 5.78. The highest BCUT2D eigenvalue weighted by molar-refractivity contribution is 6.30. The lowest BCUT2D eigenvalue weighted by molar-refractivity contribution is -0.123. The van der Waals surface area contributed by atoms with E-state index in [0.717, 1.165) is 5.56 Å². The monoisotopic (exact) mass is 228 g/mol. The van der Waals surface area contributed by atoms with Crippen LogP contribution in [0, 0.1) is 6.92 Å². The van der Waals surface area contributed by atoms with Crippen molar-refractivity contribution in [2.45, 2.75) is 6.92 Å². The Labute approximate surface area is 93.4 Å². The zero-order chi connectivity index (χ0) is 11.3. The minimum Gasteiger partial charge on any atom is -0.484 e. The quantitative estimate of drug-likeness (QED) is 0.758. The molecule has 15 heavy (non-hydrogen) atoms. The first kappa shape index (κ1) is 11.8. The molecule has 0 saturated heterocycles. The Kier molecular flexibility index (Phi) is 4.39. The molecule has 1 amide bonds. The average molecular weight is 229 g/mol. The van der Waals surface area contributed by atoms with Gasteiger partial charge in [-0.3, -0.25) is 4.79 Å². The molecule has 0 aliphatic heterocycles. The number of hydrogen-bond acceptors (Lipinski definition) is 3. The SMILES string of the molecule is Cc1cc(Cl)ccc1OCC(=O)NCN. The fourth-order valence-corrected chi connectivity index (χ4v) is 1.31. The van der Waals surface area contributed by atoms with Gasteiger partial charge in [0.2, 0.25) is 0 Å². The summed E-state index contributed by atoms with van der Waals surface area (Å²) in [6.07, 6.45) is 0. The first-order chi connectivity index (χ1) is 7.13. The summed E-state index contributed by atoms with van der Waals surface area (Å²) in [5, 5.41) is 3.08. The van der Waals surface area contributed by atoms with E-state index in [1.807, 2.05) is 6.92 Å². The van der Waals surface area contributed by atoms with E-state index in [1.54, 1.807) is 18.2 Å². The number of hydrogen-bond donors (Lipinski definition) is 2. The Morgan fingerprint density at radius 3 is 2.93 bits per heavy atom. The molecule has 0 radical (unpaired) electrons. The molecule has 0 heterocycles. The number of carbonyl (C=O) groups is 1. The Hall–Kier alpha value is -1.26. The van der Waals surface area contributed by atoms with Gasteiger partial charge in [-0.2, -0.15) is 0 Å². The summed E-state index contributed by atoms with van der Waals surface area (Å²) in [5.41, 5.74) is 6.03. The maximum absolute atomic E-state index is 11.1. The Balaban J connectivity index is 2.54. The van der Waals surface area contributed by atoms with Crippen LogP contribution in [0.3, 0.4) is 0 Å². The molecular formula is C10H13ClN2O2. The fourth-order valence-electron chi connectivity index (χ4n) is 1.08. The molecule has 3 N–H and O–H groups in total. The highest BCUT2D eigenvalue weighted by Gasteiger charge is 2.03. The van der Waals surface area contributed by atoms with Gasteiger partial charge in [0.25, 0.3) is 5.91 Å². The average Bonchev–Trinajstić information content (AvgIpc) is 2.17. The van der Waals surface area contributed by atoms with Crippen molar-refractivity contribution in [3.63, 3.8) is 0 Å². The summed E-state index contributed by atoms with van der Waals surface area (Å²) in [4.78, 5) is 11.1. The number of nitrogens with two attached hydrogens (primary N) is 1. The highest BCUT2D eigenvalue weighted by atomic mass is 35.5. The summed E-state index contributed by atoms with van der Waals surface area (Å²) in [6, 6.07) is 5.22.